The van der Waals surface area contributed by atoms with Gasteiger partial charge in [0.25, 0.3) is 0 Å². The van der Waals surface area contributed by atoms with Crippen LogP contribution in [0.1, 0.15) is 37.7 Å². The zero-order chi connectivity index (χ0) is 12.1. The monoisotopic (exact) mass is 233 g/mol. The Labute approximate surface area is 102 Å². The van der Waals surface area contributed by atoms with Gasteiger partial charge in [0.1, 0.15) is 11.6 Å². The van der Waals surface area contributed by atoms with Gasteiger partial charge in [0, 0.05) is 6.20 Å². The maximum Gasteiger partial charge on any atom is 0.148 e. The molecule has 0 atom stereocenters. The first kappa shape index (κ1) is 11.9. The highest BCUT2D eigenvalue weighted by Crippen LogP contribution is 2.25. The van der Waals surface area contributed by atoms with Crippen molar-refractivity contribution in [2.24, 2.45) is 11.7 Å². The Morgan fingerprint density at radius 2 is 2.18 bits per heavy atom. The highest BCUT2D eigenvalue weighted by Gasteiger charge is 2.15. The first-order chi connectivity index (χ1) is 8.27. The summed E-state index contributed by atoms with van der Waals surface area (Å²) in [6, 6.07) is 1.72. The minimum absolute atomic E-state index is 0.0334. The molecular formula is C13H19N3O. The van der Waals surface area contributed by atoms with Crippen LogP contribution >= 0.6 is 0 Å². The maximum atomic E-state index is 7.47. The molecule has 1 aromatic rings. The lowest BCUT2D eigenvalue weighted by Crippen LogP contribution is -2.18. The first-order valence-corrected chi connectivity index (χ1v) is 6.18. The van der Waals surface area contributed by atoms with Crippen LogP contribution in [0, 0.1) is 11.3 Å². The number of hydrogen-bond acceptors (Lipinski definition) is 3. The Bertz CT molecular complexity index is 386. The lowest BCUT2D eigenvalue weighted by atomic mass is 9.90. The van der Waals surface area contributed by atoms with Gasteiger partial charge in [-0.15, -0.1) is 0 Å². The van der Waals surface area contributed by atoms with Gasteiger partial charge in [0.15, 0.2) is 0 Å². The molecule has 0 unspecified atom stereocenters. The molecule has 1 fully saturated rings. The number of rotatable bonds is 4. The molecule has 0 saturated heterocycles. The Morgan fingerprint density at radius 1 is 1.41 bits per heavy atom. The number of amidine groups is 1. The van der Waals surface area contributed by atoms with Crippen molar-refractivity contribution < 1.29 is 4.74 Å². The normalized spacial score (nSPS) is 16.7. The van der Waals surface area contributed by atoms with Gasteiger partial charge in [-0.3, -0.25) is 10.4 Å². The number of nitrogens with one attached hydrogen (secondary N) is 1. The lowest BCUT2D eigenvalue weighted by molar-refractivity contribution is 0.208. The standard InChI is InChI=1S/C13H19N3O/c14-13(15)11-6-7-16-8-12(11)17-9-10-4-2-1-3-5-10/h6-8,10H,1-5,9H2,(H3,14,15). The highest BCUT2D eigenvalue weighted by atomic mass is 16.5. The average Bonchev–Trinajstić information content (AvgIpc) is 2.38. The Kier molecular flexibility index (Phi) is 3.96. The summed E-state index contributed by atoms with van der Waals surface area (Å²) in [6.45, 7) is 0.714. The first-order valence-electron chi connectivity index (χ1n) is 6.18. The van der Waals surface area contributed by atoms with E-state index < -0.39 is 0 Å². The van der Waals surface area contributed by atoms with E-state index in [0.29, 0.717) is 23.8 Å². The number of nitrogen functional groups attached to an aromatic ring is 1. The second-order valence-electron chi connectivity index (χ2n) is 4.60. The molecule has 4 nitrogen and oxygen atoms in total. The summed E-state index contributed by atoms with van der Waals surface area (Å²) >= 11 is 0. The molecule has 0 radical (unpaired) electrons. The van der Waals surface area contributed by atoms with Crippen LogP contribution in [0.3, 0.4) is 0 Å². The quantitative estimate of drug-likeness (QED) is 0.619. The molecule has 0 bridgehead atoms. The van der Waals surface area contributed by atoms with Gasteiger partial charge in [-0.05, 0) is 24.8 Å². The minimum Gasteiger partial charge on any atom is -0.491 e. The van der Waals surface area contributed by atoms with Crippen molar-refractivity contribution >= 4 is 5.84 Å². The summed E-state index contributed by atoms with van der Waals surface area (Å²) in [6.07, 6.45) is 9.72. The fourth-order valence-electron chi connectivity index (χ4n) is 2.28. The molecule has 0 amide bonds. The van der Waals surface area contributed by atoms with Crippen LogP contribution in [0.2, 0.25) is 0 Å². The summed E-state index contributed by atoms with van der Waals surface area (Å²) in [4.78, 5) is 4.01. The van der Waals surface area contributed by atoms with E-state index in [9.17, 15) is 0 Å². The van der Waals surface area contributed by atoms with E-state index in [-0.39, 0.29) is 5.84 Å². The number of hydrogen-bond donors (Lipinski definition) is 2. The molecule has 0 aromatic carbocycles. The van der Waals surface area contributed by atoms with Gasteiger partial charge in [0.05, 0.1) is 18.4 Å². The van der Waals surface area contributed by atoms with Crippen LogP contribution < -0.4 is 10.5 Å². The minimum atomic E-state index is 0.0334. The second kappa shape index (κ2) is 5.66. The van der Waals surface area contributed by atoms with Crippen molar-refractivity contribution in [3.8, 4) is 5.75 Å². The number of ether oxygens (including phenoxy) is 1. The molecule has 92 valence electrons. The molecule has 1 saturated carbocycles. The molecular weight excluding hydrogens is 214 g/mol. The van der Waals surface area contributed by atoms with Gasteiger partial charge in [-0.1, -0.05) is 19.3 Å². The van der Waals surface area contributed by atoms with Gasteiger partial charge in [-0.25, -0.2) is 0 Å². The number of nitrogens with zero attached hydrogens (tertiary/aromatic N) is 1. The number of nitrogens with two attached hydrogens (primary N) is 1. The fourth-order valence-corrected chi connectivity index (χ4v) is 2.28. The number of pyridine rings is 1. The van der Waals surface area contributed by atoms with E-state index in [4.69, 9.17) is 15.9 Å². The molecule has 0 spiro atoms. The van der Waals surface area contributed by atoms with Crippen LogP contribution in [0.5, 0.6) is 5.75 Å². The zero-order valence-electron chi connectivity index (χ0n) is 9.98. The Hall–Kier alpha value is -1.58. The largest absolute Gasteiger partial charge is 0.491 e. The topological polar surface area (TPSA) is 72.0 Å². The summed E-state index contributed by atoms with van der Waals surface area (Å²) in [7, 11) is 0. The van der Waals surface area contributed by atoms with Crippen molar-refractivity contribution in [1.29, 1.82) is 5.41 Å². The van der Waals surface area contributed by atoms with Gasteiger partial charge >= 0.3 is 0 Å². The number of aromatic nitrogens is 1. The van der Waals surface area contributed by atoms with Crippen molar-refractivity contribution in [3.05, 3.63) is 24.0 Å². The molecule has 1 aromatic heterocycles. The van der Waals surface area contributed by atoms with Crippen molar-refractivity contribution in [2.75, 3.05) is 6.61 Å². The van der Waals surface area contributed by atoms with E-state index in [2.05, 4.69) is 4.98 Å². The van der Waals surface area contributed by atoms with Gasteiger partial charge in [0.2, 0.25) is 0 Å². The van der Waals surface area contributed by atoms with Crippen LogP contribution in [-0.2, 0) is 0 Å². The Balaban J connectivity index is 1.96. The van der Waals surface area contributed by atoms with Crippen LogP contribution in [0.15, 0.2) is 18.5 Å². The van der Waals surface area contributed by atoms with Gasteiger partial charge < -0.3 is 10.5 Å². The van der Waals surface area contributed by atoms with Crippen LogP contribution in [0.25, 0.3) is 0 Å². The summed E-state index contributed by atoms with van der Waals surface area (Å²) in [5.74, 6) is 1.31. The highest BCUT2D eigenvalue weighted by molar-refractivity contribution is 5.97. The summed E-state index contributed by atoms with van der Waals surface area (Å²) < 4.78 is 5.75. The second-order valence-corrected chi connectivity index (χ2v) is 4.60. The molecule has 2 rings (SSSR count). The molecule has 4 heteroatoms. The summed E-state index contributed by atoms with van der Waals surface area (Å²) in [5, 5.41) is 7.47. The molecule has 3 N–H and O–H groups in total. The molecule has 17 heavy (non-hydrogen) atoms. The molecule has 1 aliphatic carbocycles. The van der Waals surface area contributed by atoms with Gasteiger partial charge in [-0.2, -0.15) is 0 Å². The van der Waals surface area contributed by atoms with E-state index in [1.54, 1.807) is 18.5 Å². The van der Waals surface area contributed by atoms with Crippen molar-refractivity contribution in [1.82, 2.24) is 4.98 Å². The van der Waals surface area contributed by atoms with E-state index in [1.807, 2.05) is 0 Å². The van der Waals surface area contributed by atoms with Crippen LogP contribution in [-0.4, -0.2) is 17.4 Å². The smallest absolute Gasteiger partial charge is 0.148 e. The lowest BCUT2D eigenvalue weighted by Gasteiger charge is -2.22. The predicted molar refractivity (Wildman–Crippen MR) is 67.3 cm³/mol. The van der Waals surface area contributed by atoms with E-state index >= 15 is 0 Å². The third-order valence-electron chi connectivity index (χ3n) is 3.27. The molecule has 1 heterocycles. The third kappa shape index (κ3) is 3.19. The fraction of sp³-hybridized carbons (Fsp3) is 0.538. The van der Waals surface area contributed by atoms with Crippen molar-refractivity contribution in [3.63, 3.8) is 0 Å². The summed E-state index contributed by atoms with van der Waals surface area (Å²) in [5.41, 5.74) is 6.13. The Morgan fingerprint density at radius 3 is 2.88 bits per heavy atom. The maximum absolute atomic E-state index is 7.47. The molecule has 0 aliphatic heterocycles. The zero-order valence-corrected chi connectivity index (χ0v) is 9.98. The van der Waals surface area contributed by atoms with Crippen LogP contribution in [0.4, 0.5) is 0 Å². The van der Waals surface area contributed by atoms with Crippen molar-refractivity contribution in [2.45, 2.75) is 32.1 Å². The molecule has 1 aliphatic rings. The average molecular weight is 233 g/mol. The van der Waals surface area contributed by atoms with E-state index in [1.165, 1.54) is 32.1 Å². The predicted octanol–water partition coefficient (Wildman–Crippen LogP) is 2.32. The SMILES string of the molecule is N=C(N)c1ccncc1OCC1CCCCC1. The third-order valence-corrected chi connectivity index (χ3v) is 3.27. The van der Waals surface area contributed by atoms with E-state index in [0.717, 1.165) is 0 Å².